The Kier molecular flexibility index (Phi) is 2.79. The van der Waals surface area contributed by atoms with Crippen molar-refractivity contribution in [2.75, 3.05) is 0 Å². The zero-order valence-corrected chi connectivity index (χ0v) is 9.26. The molecule has 1 aromatic heterocycles. The molecule has 0 spiro atoms. The van der Waals surface area contributed by atoms with Crippen LogP contribution in [0.25, 0.3) is 0 Å². The molecule has 0 aliphatic heterocycles. The van der Waals surface area contributed by atoms with E-state index in [-0.39, 0.29) is 0 Å². The number of halogens is 2. The van der Waals surface area contributed by atoms with Gasteiger partial charge in [0.1, 0.15) is 0 Å². The van der Waals surface area contributed by atoms with E-state index in [9.17, 15) is 13.5 Å². The Morgan fingerprint density at radius 1 is 1.58 bits per heavy atom. The molecule has 1 rings (SSSR count). The molecule has 1 aromatic rings. The summed E-state index contributed by atoms with van der Waals surface area (Å²) in [5.41, 5.74) is 0. The van der Waals surface area contributed by atoms with Crippen LogP contribution in [0.5, 0.6) is 5.75 Å². The normalized spacial score (nSPS) is 11.5. The maximum absolute atomic E-state index is 10.7. The van der Waals surface area contributed by atoms with Gasteiger partial charge >= 0.3 is 0 Å². The lowest BCUT2D eigenvalue weighted by atomic mass is 10.5. The second-order valence-corrected chi connectivity index (χ2v) is 5.53. The van der Waals surface area contributed by atoms with Gasteiger partial charge in [0.05, 0.1) is 3.57 Å². The standard InChI is InChI=1S/C5H3ClINO3S/c6-12(10,11)5-4(9)3(7)1-2-8-5/h1-2,9H. The molecule has 4 nitrogen and oxygen atoms in total. The molecule has 0 saturated carbocycles. The highest BCUT2D eigenvalue weighted by Gasteiger charge is 2.18. The second-order valence-electron chi connectivity index (χ2n) is 1.88. The molecule has 1 heterocycles. The summed E-state index contributed by atoms with van der Waals surface area (Å²) in [6.45, 7) is 0. The highest BCUT2D eigenvalue weighted by molar-refractivity contribution is 14.1. The number of hydrogen-bond acceptors (Lipinski definition) is 4. The summed E-state index contributed by atoms with van der Waals surface area (Å²) in [6, 6.07) is 1.47. The SMILES string of the molecule is O=S(=O)(Cl)c1nccc(I)c1O. The molecule has 12 heavy (non-hydrogen) atoms. The van der Waals surface area contributed by atoms with Crippen LogP contribution in [0.1, 0.15) is 0 Å². The molecule has 0 saturated heterocycles. The average Bonchev–Trinajstić information content (AvgIpc) is 1.92. The van der Waals surface area contributed by atoms with Crippen LogP contribution in [-0.4, -0.2) is 18.5 Å². The molecule has 0 bridgehead atoms. The van der Waals surface area contributed by atoms with E-state index in [1.807, 2.05) is 0 Å². The number of pyridine rings is 1. The van der Waals surface area contributed by atoms with Gasteiger partial charge in [0.2, 0.25) is 5.03 Å². The minimum atomic E-state index is -3.95. The van der Waals surface area contributed by atoms with E-state index in [2.05, 4.69) is 4.98 Å². The number of rotatable bonds is 1. The fraction of sp³-hybridized carbons (Fsp3) is 0. The van der Waals surface area contributed by atoms with Gasteiger partial charge in [-0.3, -0.25) is 0 Å². The third-order valence-corrected chi connectivity index (χ3v) is 3.14. The van der Waals surface area contributed by atoms with Crippen LogP contribution < -0.4 is 0 Å². The van der Waals surface area contributed by atoms with Gasteiger partial charge in [0.25, 0.3) is 9.05 Å². The zero-order valence-electron chi connectivity index (χ0n) is 5.53. The third kappa shape index (κ3) is 1.99. The minimum Gasteiger partial charge on any atom is -0.504 e. The quantitative estimate of drug-likeness (QED) is 0.626. The number of nitrogens with zero attached hydrogens (tertiary/aromatic N) is 1. The smallest absolute Gasteiger partial charge is 0.282 e. The van der Waals surface area contributed by atoms with Crippen LogP contribution in [0.15, 0.2) is 17.3 Å². The largest absolute Gasteiger partial charge is 0.504 e. The van der Waals surface area contributed by atoms with Crippen molar-refractivity contribution in [1.29, 1.82) is 0 Å². The second kappa shape index (κ2) is 3.35. The third-order valence-electron chi connectivity index (χ3n) is 1.07. The summed E-state index contributed by atoms with van der Waals surface area (Å²) < 4.78 is 21.9. The lowest BCUT2D eigenvalue weighted by molar-refractivity contribution is 0.449. The van der Waals surface area contributed by atoms with Gasteiger partial charge in [-0.1, -0.05) is 0 Å². The van der Waals surface area contributed by atoms with Gasteiger partial charge in [-0.2, -0.15) is 0 Å². The first-order valence-corrected chi connectivity index (χ1v) is 6.10. The fourth-order valence-corrected chi connectivity index (χ4v) is 2.06. The topological polar surface area (TPSA) is 67.3 Å². The summed E-state index contributed by atoms with van der Waals surface area (Å²) in [7, 11) is 1.03. The first-order valence-electron chi connectivity index (χ1n) is 2.71. The lowest BCUT2D eigenvalue weighted by Gasteiger charge is -1.99. The van der Waals surface area contributed by atoms with Gasteiger partial charge in [-0.25, -0.2) is 13.4 Å². The van der Waals surface area contributed by atoms with Crippen LogP contribution in [0.4, 0.5) is 0 Å². The van der Waals surface area contributed by atoms with Crippen molar-refractivity contribution in [3.8, 4) is 5.75 Å². The maximum Gasteiger partial charge on any atom is 0.282 e. The monoisotopic (exact) mass is 319 g/mol. The molecule has 7 heteroatoms. The van der Waals surface area contributed by atoms with Gasteiger partial charge in [-0.05, 0) is 28.7 Å². The Balaban J connectivity index is 3.47. The Hall–Kier alpha value is -0.0800. The molecular weight excluding hydrogens is 316 g/mol. The number of aromatic hydroxyl groups is 1. The van der Waals surface area contributed by atoms with E-state index < -0.39 is 19.8 Å². The van der Waals surface area contributed by atoms with Crippen molar-refractivity contribution in [1.82, 2.24) is 4.98 Å². The number of aromatic nitrogens is 1. The van der Waals surface area contributed by atoms with Gasteiger partial charge in [-0.15, -0.1) is 0 Å². The number of hydrogen-bond donors (Lipinski definition) is 1. The molecule has 0 radical (unpaired) electrons. The molecule has 0 unspecified atom stereocenters. The van der Waals surface area contributed by atoms with Crippen molar-refractivity contribution in [3.05, 3.63) is 15.8 Å². The van der Waals surface area contributed by atoms with Gasteiger partial charge < -0.3 is 5.11 Å². The van der Waals surface area contributed by atoms with Gasteiger partial charge in [0, 0.05) is 16.9 Å². The average molecular weight is 320 g/mol. The molecule has 66 valence electrons. The van der Waals surface area contributed by atoms with Crippen molar-refractivity contribution < 1.29 is 13.5 Å². The van der Waals surface area contributed by atoms with E-state index in [4.69, 9.17) is 10.7 Å². The molecule has 0 atom stereocenters. The minimum absolute atomic E-state index is 0.391. The fourth-order valence-electron chi connectivity index (χ4n) is 0.591. The van der Waals surface area contributed by atoms with Crippen LogP contribution in [0, 0.1) is 3.57 Å². The Bertz CT molecular complexity index is 405. The zero-order chi connectivity index (χ0) is 9.35. The van der Waals surface area contributed by atoms with Crippen molar-refractivity contribution in [3.63, 3.8) is 0 Å². The Morgan fingerprint density at radius 2 is 2.17 bits per heavy atom. The van der Waals surface area contributed by atoms with E-state index in [1.165, 1.54) is 12.3 Å². The summed E-state index contributed by atoms with van der Waals surface area (Å²) in [4.78, 5) is 3.44. The molecule has 0 fully saturated rings. The van der Waals surface area contributed by atoms with Crippen LogP contribution in [0.3, 0.4) is 0 Å². The molecular formula is C5H3ClINO3S. The molecule has 0 aromatic carbocycles. The summed E-state index contributed by atoms with van der Waals surface area (Å²) in [5.74, 6) is -0.409. The predicted octanol–water partition coefficient (Wildman–Crippen LogP) is 1.32. The predicted molar refractivity (Wildman–Crippen MR) is 51.7 cm³/mol. The highest BCUT2D eigenvalue weighted by Crippen LogP contribution is 2.27. The van der Waals surface area contributed by atoms with Crippen LogP contribution in [0.2, 0.25) is 0 Å². The van der Waals surface area contributed by atoms with Crippen molar-refractivity contribution >= 4 is 42.3 Å². The van der Waals surface area contributed by atoms with Crippen LogP contribution in [-0.2, 0) is 9.05 Å². The molecule has 0 aliphatic rings. The maximum atomic E-state index is 10.7. The van der Waals surface area contributed by atoms with Crippen LogP contribution >= 0.6 is 33.3 Å². The van der Waals surface area contributed by atoms with E-state index in [1.54, 1.807) is 22.6 Å². The summed E-state index contributed by atoms with van der Waals surface area (Å²) in [5, 5.41) is 8.70. The first-order chi connectivity index (χ1) is 5.43. The van der Waals surface area contributed by atoms with E-state index in [0.29, 0.717) is 3.57 Å². The lowest BCUT2D eigenvalue weighted by Crippen LogP contribution is -1.96. The van der Waals surface area contributed by atoms with Crippen molar-refractivity contribution in [2.24, 2.45) is 0 Å². The Morgan fingerprint density at radius 3 is 2.58 bits per heavy atom. The van der Waals surface area contributed by atoms with E-state index in [0.717, 1.165) is 0 Å². The highest BCUT2D eigenvalue weighted by atomic mass is 127. The Labute approximate surface area is 87.1 Å². The summed E-state index contributed by atoms with van der Waals surface area (Å²) >= 11 is 1.78. The molecule has 0 aliphatic carbocycles. The van der Waals surface area contributed by atoms with Gasteiger partial charge in [0.15, 0.2) is 5.75 Å². The molecule has 0 amide bonds. The summed E-state index contributed by atoms with van der Waals surface area (Å²) in [6.07, 6.45) is 1.26. The van der Waals surface area contributed by atoms with Crippen molar-refractivity contribution in [2.45, 2.75) is 5.03 Å². The first kappa shape index (κ1) is 10.0. The van der Waals surface area contributed by atoms with E-state index >= 15 is 0 Å². The molecule has 1 N–H and O–H groups in total.